The van der Waals surface area contributed by atoms with Gasteiger partial charge in [-0.3, -0.25) is 14.5 Å². The van der Waals surface area contributed by atoms with E-state index in [9.17, 15) is 9.59 Å². The highest BCUT2D eigenvalue weighted by Crippen LogP contribution is 2.23. The van der Waals surface area contributed by atoms with Crippen molar-refractivity contribution < 1.29 is 9.59 Å². The summed E-state index contributed by atoms with van der Waals surface area (Å²) >= 11 is 0. The molecular formula is C23H31N3O2. The van der Waals surface area contributed by atoms with E-state index in [0.29, 0.717) is 0 Å². The molecule has 0 aliphatic heterocycles. The van der Waals surface area contributed by atoms with Gasteiger partial charge in [0, 0.05) is 11.4 Å². The summed E-state index contributed by atoms with van der Waals surface area (Å²) in [5.74, 6) is -0.263. The standard InChI is InChI=1S/C23H31N3O2/c1-14-8-16(3)22(17(4)9-14)24-20(27)12-26(7)13-21(28)25-23-18(5)10-15(2)11-19(23)6/h8-11H,12-13H2,1-7H3,(H,24,27)(H,25,28). The van der Waals surface area contributed by atoms with Crippen LogP contribution in [0, 0.1) is 41.5 Å². The second kappa shape index (κ2) is 9.02. The van der Waals surface area contributed by atoms with E-state index in [2.05, 4.69) is 10.6 Å². The Morgan fingerprint density at radius 1 is 0.679 bits per heavy atom. The molecule has 0 bridgehead atoms. The van der Waals surface area contributed by atoms with Gasteiger partial charge in [0.2, 0.25) is 11.8 Å². The van der Waals surface area contributed by atoms with Crippen LogP contribution in [0.25, 0.3) is 0 Å². The highest BCUT2D eigenvalue weighted by Gasteiger charge is 2.14. The van der Waals surface area contributed by atoms with Gasteiger partial charge in [-0.2, -0.15) is 0 Å². The lowest BCUT2D eigenvalue weighted by atomic mass is 10.1. The molecule has 2 aromatic carbocycles. The highest BCUT2D eigenvalue weighted by molar-refractivity contribution is 5.96. The number of anilines is 2. The molecule has 5 nitrogen and oxygen atoms in total. The molecule has 5 heteroatoms. The van der Waals surface area contributed by atoms with Gasteiger partial charge < -0.3 is 10.6 Å². The van der Waals surface area contributed by atoms with Crippen molar-refractivity contribution in [2.75, 3.05) is 30.8 Å². The third-order valence-electron chi connectivity index (χ3n) is 4.71. The molecule has 0 saturated carbocycles. The van der Waals surface area contributed by atoms with Crippen LogP contribution in [-0.2, 0) is 9.59 Å². The fourth-order valence-corrected chi connectivity index (χ4v) is 3.66. The van der Waals surface area contributed by atoms with Crippen molar-refractivity contribution >= 4 is 23.2 Å². The Balaban J connectivity index is 1.94. The number of nitrogens with one attached hydrogen (secondary N) is 2. The van der Waals surface area contributed by atoms with Crippen LogP contribution in [0.15, 0.2) is 24.3 Å². The van der Waals surface area contributed by atoms with Crippen LogP contribution in [0.1, 0.15) is 33.4 Å². The molecular weight excluding hydrogens is 350 g/mol. The van der Waals surface area contributed by atoms with E-state index in [1.165, 1.54) is 11.1 Å². The summed E-state index contributed by atoms with van der Waals surface area (Å²) in [6, 6.07) is 8.19. The topological polar surface area (TPSA) is 61.4 Å². The fourth-order valence-electron chi connectivity index (χ4n) is 3.66. The van der Waals surface area contributed by atoms with Crippen molar-refractivity contribution in [1.29, 1.82) is 0 Å². The summed E-state index contributed by atoms with van der Waals surface area (Å²) in [5, 5.41) is 5.94. The maximum absolute atomic E-state index is 12.4. The van der Waals surface area contributed by atoms with Crippen molar-refractivity contribution in [2.24, 2.45) is 0 Å². The van der Waals surface area contributed by atoms with E-state index in [-0.39, 0.29) is 24.9 Å². The highest BCUT2D eigenvalue weighted by atomic mass is 16.2. The van der Waals surface area contributed by atoms with Gasteiger partial charge >= 0.3 is 0 Å². The number of benzene rings is 2. The van der Waals surface area contributed by atoms with Crippen LogP contribution in [0.2, 0.25) is 0 Å². The van der Waals surface area contributed by atoms with E-state index in [1.54, 1.807) is 11.9 Å². The number of hydrogen-bond donors (Lipinski definition) is 2. The number of carbonyl (C=O) groups excluding carboxylic acids is 2. The minimum Gasteiger partial charge on any atom is -0.324 e. The molecule has 2 N–H and O–H groups in total. The monoisotopic (exact) mass is 381 g/mol. The molecule has 2 aromatic rings. The molecule has 150 valence electrons. The van der Waals surface area contributed by atoms with E-state index in [0.717, 1.165) is 33.6 Å². The second-order valence-corrected chi connectivity index (χ2v) is 7.82. The molecule has 0 spiro atoms. The normalized spacial score (nSPS) is 10.9. The van der Waals surface area contributed by atoms with Crippen LogP contribution in [-0.4, -0.2) is 36.9 Å². The van der Waals surface area contributed by atoms with E-state index < -0.39 is 0 Å². The zero-order valence-corrected chi connectivity index (χ0v) is 18.0. The van der Waals surface area contributed by atoms with Crippen molar-refractivity contribution in [3.8, 4) is 0 Å². The molecule has 0 atom stereocenters. The van der Waals surface area contributed by atoms with Crippen molar-refractivity contribution in [3.05, 3.63) is 57.6 Å². The zero-order valence-electron chi connectivity index (χ0n) is 18.0. The summed E-state index contributed by atoms with van der Waals surface area (Å²) in [6.45, 7) is 12.3. The van der Waals surface area contributed by atoms with Gasteiger partial charge in [0.15, 0.2) is 0 Å². The van der Waals surface area contributed by atoms with E-state index in [1.807, 2.05) is 65.8 Å². The molecule has 28 heavy (non-hydrogen) atoms. The molecule has 0 unspecified atom stereocenters. The van der Waals surface area contributed by atoms with Crippen molar-refractivity contribution in [1.82, 2.24) is 4.90 Å². The van der Waals surface area contributed by atoms with Gasteiger partial charge in [0.05, 0.1) is 13.1 Å². The summed E-state index contributed by atoms with van der Waals surface area (Å²) < 4.78 is 0. The molecule has 0 aromatic heterocycles. The number of hydrogen-bond acceptors (Lipinski definition) is 3. The van der Waals surface area contributed by atoms with Crippen LogP contribution in [0.4, 0.5) is 11.4 Å². The second-order valence-electron chi connectivity index (χ2n) is 7.82. The first kappa shape index (κ1) is 21.6. The Bertz CT molecular complexity index is 783. The lowest BCUT2D eigenvalue weighted by Crippen LogP contribution is -2.36. The molecule has 2 amide bonds. The third-order valence-corrected chi connectivity index (χ3v) is 4.71. The number of aryl methyl sites for hydroxylation is 6. The number of amides is 2. The Morgan fingerprint density at radius 3 is 1.25 bits per heavy atom. The molecule has 0 aliphatic rings. The van der Waals surface area contributed by atoms with Gasteiger partial charge in [0.1, 0.15) is 0 Å². The zero-order chi connectivity index (χ0) is 21.0. The Kier molecular flexibility index (Phi) is 6.97. The molecule has 0 fully saturated rings. The quantitative estimate of drug-likeness (QED) is 0.794. The largest absolute Gasteiger partial charge is 0.324 e. The summed E-state index contributed by atoms with van der Waals surface area (Å²) in [6.07, 6.45) is 0. The summed E-state index contributed by atoms with van der Waals surface area (Å²) in [4.78, 5) is 26.5. The van der Waals surface area contributed by atoms with Crippen LogP contribution >= 0.6 is 0 Å². The minimum atomic E-state index is -0.131. The SMILES string of the molecule is Cc1cc(C)c(NC(=O)CN(C)CC(=O)Nc2c(C)cc(C)cc2C)c(C)c1. The molecule has 0 aliphatic carbocycles. The Hall–Kier alpha value is -2.66. The Labute approximate surface area is 168 Å². The number of rotatable bonds is 6. The fraction of sp³-hybridized carbons (Fsp3) is 0.391. The molecule has 0 heterocycles. The number of likely N-dealkylation sites (N-methyl/N-ethyl adjacent to an activating group) is 1. The van der Waals surface area contributed by atoms with Gasteiger partial charge in [-0.25, -0.2) is 0 Å². The number of nitrogens with zero attached hydrogens (tertiary/aromatic N) is 1. The average Bonchev–Trinajstić information content (AvgIpc) is 2.54. The van der Waals surface area contributed by atoms with E-state index in [4.69, 9.17) is 0 Å². The Morgan fingerprint density at radius 2 is 0.964 bits per heavy atom. The van der Waals surface area contributed by atoms with Gasteiger partial charge in [-0.1, -0.05) is 35.4 Å². The van der Waals surface area contributed by atoms with Gasteiger partial charge in [-0.05, 0) is 70.8 Å². The summed E-state index contributed by atoms with van der Waals surface area (Å²) in [7, 11) is 1.77. The van der Waals surface area contributed by atoms with Crippen LogP contribution in [0.5, 0.6) is 0 Å². The van der Waals surface area contributed by atoms with Crippen molar-refractivity contribution in [3.63, 3.8) is 0 Å². The van der Waals surface area contributed by atoms with Gasteiger partial charge in [-0.15, -0.1) is 0 Å². The van der Waals surface area contributed by atoms with Crippen molar-refractivity contribution in [2.45, 2.75) is 41.5 Å². The first-order valence-corrected chi connectivity index (χ1v) is 9.50. The lowest BCUT2D eigenvalue weighted by molar-refractivity contribution is -0.119. The lowest BCUT2D eigenvalue weighted by Gasteiger charge is -2.19. The first-order valence-electron chi connectivity index (χ1n) is 9.50. The smallest absolute Gasteiger partial charge is 0.238 e. The van der Waals surface area contributed by atoms with E-state index >= 15 is 0 Å². The van der Waals surface area contributed by atoms with Gasteiger partial charge in [0.25, 0.3) is 0 Å². The summed E-state index contributed by atoms with van der Waals surface area (Å²) in [5.41, 5.74) is 8.19. The van der Waals surface area contributed by atoms with Crippen LogP contribution < -0.4 is 10.6 Å². The first-order chi connectivity index (χ1) is 13.1. The molecule has 0 radical (unpaired) electrons. The maximum Gasteiger partial charge on any atom is 0.238 e. The average molecular weight is 382 g/mol. The predicted octanol–water partition coefficient (Wildman–Crippen LogP) is 4.05. The van der Waals surface area contributed by atoms with Crippen LogP contribution in [0.3, 0.4) is 0 Å². The third kappa shape index (κ3) is 5.67. The predicted molar refractivity (Wildman–Crippen MR) is 116 cm³/mol. The number of carbonyl (C=O) groups is 2. The molecule has 2 rings (SSSR count). The maximum atomic E-state index is 12.4. The minimum absolute atomic E-state index is 0.131. The molecule has 0 saturated heterocycles.